The Morgan fingerprint density at radius 1 is 0.452 bits per heavy atom. The predicted octanol–water partition coefficient (Wildman–Crippen LogP) is -8.34. The number of hydrogen-bond donors (Lipinski definition) is 16. The number of nitrogens with one attached hydrogen (secondary N) is 7. The van der Waals surface area contributed by atoms with Gasteiger partial charge in [-0.25, -0.2) is 0 Å². The van der Waals surface area contributed by atoms with Crippen LogP contribution in [0.5, 0.6) is 5.75 Å². The van der Waals surface area contributed by atoms with Crippen LogP contribution in [0.25, 0.3) is 0 Å². The van der Waals surface area contributed by atoms with Crippen molar-refractivity contribution in [1.29, 1.82) is 0 Å². The molecule has 0 aromatic heterocycles. The summed E-state index contributed by atoms with van der Waals surface area (Å²) in [4.78, 5) is 87.9. The molecule has 3 fully saturated rings. The van der Waals surface area contributed by atoms with Crippen LogP contribution in [-0.2, 0) is 85.6 Å². The summed E-state index contributed by atoms with van der Waals surface area (Å²) >= 11 is 0. The van der Waals surface area contributed by atoms with E-state index in [-0.39, 0.29) is 137 Å². The molecule has 15 unspecified atom stereocenters. The molecule has 93 heavy (non-hydrogen) atoms. The summed E-state index contributed by atoms with van der Waals surface area (Å²) in [6, 6.07) is 2.80. The lowest BCUT2D eigenvalue weighted by Gasteiger charge is -2.42. The van der Waals surface area contributed by atoms with Crippen LogP contribution < -0.4 is 42.0 Å². The molecule has 0 aliphatic carbocycles. The van der Waals surface area contributed by atoms with Crippen LogP contribution in [0, 0.1) is 0 Å². The van der Waals surface area contributed by atoms with Gasteiger partial charge in [0.25, 0.3) is 5.91 Å². The highest BCUT2D eigenvalue weighted by Gasteiger charge is 2.48. The van der Waals surface area contributed by atoms with Crippen molar-refractivity contribution in [3.05, 3.63) is 29.8 Å². The Labute approximate surface area is 537 Å². The quantitative estimate of drug-likeness (QED) is 0.0270. The summed E-state index contributed by atoms with van der Waals surface area (Å²) in [5, 5.41) is 109. The highest BCUT2D eigenvalue weighted by Crippen LogP contribution is 2.25. The number of carbonyl (C=O) groups is 7. The van der Waals surface area contributed by atoms with Gasteiger partial charge in [0.1, 0.15) is 85.4 Å². The van der Waals surface area contributed by atoms with Crippen molar-refractivity contribution in [2.24, 2.45) is 0 Å². The van der Waals surface area contributed by atoms with Crippen molar-refractivity contribution < 1.29 is 141 Å². The van der Waals surface area contributed by atoms with E-state index in [4.69, 9.17) is 61.6 Å². The largest absolute Gasteiger partial charge is 0.497 e. The molecule has 3 saturated heterocycles. The van der Waals surface area contributed by atoms with E-state index in [0.29, 0.717) is 5.75 Å². The molecule has 36 nitrogen and oxygen atoms in total. The molecule has 4 rings (SSSR count). The number of ether oxygens (including phenoxy) is 13. The van der Waals surface area contributed by atoms with Gasteiger partial charge in [-0.05, 0) is 30.7 Å². The van der Waals surface area contributed by atoms with Gasteiger partial charge in [-0.3, -0.25) is 33.6 Å². The average molecular weight is 1340 g/mol. The number of amides is 7. The molecule has 16 N–H and O–H groups in total. The maximum Gasteiger partial charge on any atom is 0.251 e. The molecule has 3 aliphatic heterocycles. The van der Waals surface area contributed by atoms with Crippen molar-refractivity contribution in [1.82, 2.24) is 37.2 Å². The highest BCUT2D eigenvalue weighted by atomic mass is 16.7. The first kappa shape index (κ1) is 79.9. The first-order chi connectivity index (χ1) is 44.6. The Hall–Kier alpha value is -5.53. The average Bonchev–Trinajstić information content (AvgIpc) is 0.972. The van der Waals surface area contributed by atoms with Crippen LogP contribution in [0.15, 0.2) is 24.3 Å². The molecular weight excluding hydrogens is 1250 g/mol. The molecule has 3 aliphatic rings. The highest BCUT2D eigenvalue weighted by molar-refractivity contribution is 5.95. The van der Waals surface area contributed by atoms with E-state index in [9.17, 15) is 79.5 Å². The molecule has 1 aromatic rings. The van der Waals surface area contributed by atoms with Gasteiger partial charge < -0.3 is 145 Å². The third kappa shape index (κ3) is 28.4. The molecule has 532 valence electrons. The zero-order valence-electron chi connectivity index (χ0n) is 52.6. The van der Waals surface area contributed by atoms with Gasteiger partial charge in [0.2, 0.25) is 35.4 Å². The van der Waals surface area contributed by atoms with E-state index in [0.717, 1.165) is 0 Å². The van der Waals surface area contributed by atoms with Crippen LogP contribution in [-0.4, -0.2) is 330 Å². The van der Waals surface area contributed by atoms with E-state index in [1.54, 1.807) is 12.1 Å². The maximum atomic E-state index is 14.0. The van der Waals surface area contributed by atoms with E-state index in [1.807, 2.05) is 0 Å². The number of aliphatic hydroxyl groups is 9. The molecule has 3 heterocycles. The van der Waals surface area contributed by atoms with Crippen molar-refractivity contribution in [3.63, 3.8) is 0 Å². The van der Waals surface area contributed by atoms with Crippen LogP contribution in [0.4, 0.5) is 0 Å². The fraction of sp³-hybridized carbons (Fsp3) is 0.772. The Morgan fingerprint density at radius 2 is 0.817 bits per heavy atom. The second-order valence-electron chi connectivity index (χ2n) is 21.7. The second-order valence-corrected chi connectivity index (χ2v) is 21.7. The minimum atomic E-state index is -1.49. The molecule has 1 aromatic carbocycles. The fourth-order valence-corrected chi connectivity index (χ4v) is 9.50. The number of hydrogen-bond acceptors (Lipinski definition) is 29. The summed E-state index contributed by atoms with van der Waals surface area (Å²) in [6.45, 7) is 0.302. The summed E-state index contributed by atoms with van der Waals surface area (Å²) in [5.41, 5.74) is -1.20. The molecule has 0 bridgehead atoms. The van der Waals surface area contributed by atoms with Crippen LogP contribution in [0.3, 0.4) is 0 Å². The van der Waals surface area contributed by atoms with Gasteiger partial charge >= 0.3 is 0 Å². The van der Waals surface area contributed by atoms with Gasteiger partial charge in [0.15, 0.2) is 18.9 Å². The lowest BCUT2D eigenvalue weighted by molar-refractivity contribution is -0.272. The zero-order valence-corrected chi connectivity index (χ0v) is 52.6. The zero-order chi connectivity index (χ0) is 68.3. The van der Waals surface area contributed by atoms with E-state index >= 15 is 0 Å². The lowest BCUT2D eigenvalue weighted by Crippen LogP contribution is -2.64. The number of carbonyl (C=O) groups excluding carboxylic acids is 7. The second kappa shape index (κ2) is 43.5. The number of aliphatic hydroxyl groups excluding tert-OH is 9. The maximum absolute atomic E-state index is 14.0. The Morgan fingerprint density at radius 3 is 1.16 bits per heavy atom. The molecule has 0 radical (unpaired) electrons. The van der Waals surface area contributed by atoms with Crippen LogP contribution >= 0.6 is 0 Å². The SMILES string of the molecule is COc1ccc(C(=O)NC(CCOCC(=O)NCCOCCOC2OC(CO)C(O)C(O)C2NC(C)=O)(COCCC(=O)NCCOCCOC2OC(CO)C(O)C(O)C2NC(C)=O)COCCC(=O)NCCOCCOC2OC(CO)C(O)C(O)C2NC(C)=O)cc1. The topological polar surface area (TPSA) is 506 Å². The van der Waals surface area contributed by atoms with Gasteiger partial charge in [-0.15, -0.1) is 0 Å². The lowest BCUT2D eigenvalue weighted by atomic mass is 9.96. The summed E-state index contributed by atoms with van der Waals surface area (Å²) in [5.74, 6) is -3.03. The first-order valence-electron chi connectivity index (χ1n) is 30.3. The van der Waals surface area contributed by atoms with Crippen molar-refractivity contribution in [2.45, 2.75) is 138 Å². The van der Waals surface area contributed by atoms with Gasteiger partial charge in [-0.2, -0.15) is 0 Å². The molecule has 0 spiro atoms. The molecule has 0 saturated carbocycles. The standard InChI is InChI=1S/C57H95N7O29/c1-33(68)61-44-50(77)47(74)38(27-65)91-54(44)88-24-21-82-18-12-58-41(71)9-15-86-31-57(64-53(80)36-5-7-37(81-4)8-6-36,11-17-85-30-43(73)60-14-20-84-23-26-90-56-46(63-35(3)70)52(79)49(76)40(29-67)93-56)32-87-16-10-42(72)59-13-19-83-22-25-89-55-45(62-34(2)69)51(78)48(75)39(28-66)92-55/h5-8,38-40,44-52,54-56,65-67,74-79H,9-32H2,1-4H3,(H,58,71)(H,59,72)(H,60,73)(H,61,68)(H,62,69)(H,63,70)(H,64,80). The third-order valence-electron chi connectivity index (χ3n) is 14.4. The summed E-state index contributed by atoms with van der Waals surface area (Å²) in [7, 11) is 1.46. The van der Waals surface area contributed by atoms with Crippen LogP contribution in [0.1, 0.15) is 50.4 Å². The van der Waals surface area contributed by atoms with Gasteiger partial charge in [0.05, 0.1) is 118 Å². The first-order valence-corrected chi connectivity index (χ1v) is 30.3. The van der Waals surface area contributed by atoms with E-state index < -0.39 is 165 Å². The Balaban J connectivity index is 1.30. The van der Waals surface area contributed by atoms with Crippen molar-refractivity contribution in [3.8, 4) is 5.75 Å². The van der Waals surface area contributed by atoms with E-state index in [1.165, 1.54) is 40.0 Å². The minimum Gasteiger partial charge on any atom is -0.497 e. The van der Waals surface area contributed by atoms with E-state index in [2.05, 4.69) is 37.2 Å². The Kier molecular flexibility index (Phi) is 37.4. The molecule has 7 amide bonds. The molecule has 15 atom stereocenters. The fourth-order valence-electron chi connectivity index (χ4n) is 9.50. The minimum absolute atomic E-state index is 0.00645. The Bertz CT molecular complexity index is 2170. The monoisotopic (exact) mass is 1340 g/mol. The number of rotatable bonds is 45. The number of benzene rings is 1. The molecular formula is C57H95N7O29. The van der Waals surface area contributed by atoms with Gasteiger partial charge in [-0.1, -0.05) is 0 Å². The third-order valence-corrected chi connectivity index (χ3v) is 14.4. The molecule has 36 heteroatoms. The predicted molar refractivity (Wildman–Crippen MR) is 315 cm³/mol. The van der Waals surface area contributed by atoms with Crippen molar-refractivity contribution in [2.75, 3.05) is 146 Å². The van der Waals surface area contributed by atoms with Gasteiger partial charge in [0, 0.05) is 65.4 Å². The summed E-state index contributed by atoms with van der Waals surface area (Å²) in [6.07, 6.45) is -16.4. The smallest absolute Gasteiger partial charge is 0.251 e. The summed E-state index contributed by atoms with van der Waals surface area (Å²) < 4.78 is 73.2. The van der Waals surface area contributed by atoms with Crippen molar-refractivity contribution >= 4 is 41.4 Å². The number of methoxy groups -OCH3 is 1. The van der Waals surface area contributed by atoms with Crippen LogP contribution in [0.2, 0.25) is 0 Å². The normalized spacial score (nSPS) is 26.8.